The topological polar surface area (TPSA) is 88.2 Å². The summed E-state index contributed by atoms with van der Waals surface area (Å²) in [7, 11) is -1.57. The Bertz CT molecular complexity index is 1210. The first-order valence-electron chi connectivity index (χ1n) is 11.4. The number of rotatable bonds is 9. The molecule has 0 unspecified atom stereocenters. The van der Waals surface area contributed by atoms with E-state index in [-0.39, 0.29) is 10.8 Å². The van der Waals surface area contributed by atoms with Gasteiger partial charge in [0.05, 0.1) is 4.90 Å². The van der Waals surface area contributed by atoms with Gasteiger partial charge in [-0.05, 0) is 67.7 Å². The molecule has 0 bridgehead atoms. The molecule has 35 heavy (non-hydrogen) atoms. The number of ether oxygens (including phenoxy) is 2. The number of nitrogens with one attached hydrogen (secondary N) is 1. The summed E-state index contributed by atoms with van der Waals surface area (Å²) >= 11 is 0. The quantitative estimate of drug-likeness (QED) is 0.458. The number of benzene rings is 3. The van der Waals surface area contributed by atoms with E-state index in [4.69, 9.17) is 9.47 Å². The van der Waals surface area contributed by atoms with Crippen LogP contribution < -0.4 is 14.8 Å². The van der Waals surface area contributed by atoms with Crippen LogP contribution in [0.1, 0.15) is 10.4 Å². The Morgan fingerprint density at radius 1 is 0.800 bits per heavy atom. The molecule has 1 aliphatic rings. The van der Waals surface area contributed by atoms with Crippen molar-refractivity contribution in [2.24, 2.45) is 0 Å². The molecule has 1 aliphatic heterocycles. The van der Waals surface area contributed by atoms with Crippen LogP contribution in [0.5, 0.6) is 11.5 Å². The average molecular weight is 496 g/mol. The fraction of sp³-hybridized carbons (Fsp3) is 0.269. The molecule has 1 amide bonds. The molecular weight excluding hydrogens is 466 g/mol. The van der Waals surface area contributed by atoms with E-state index in [1.807, 2.05) is 37.4 Å². The lowest BCUT2D eigenvalue weighted by Gasteiger charge is -2.31. The summed E-state index contributed by atoms with van der Waals surface area (Å²) in [4.78, 5) is 14.9. The second-order valence-corrected chi connectivity index (χ2v) is 10.2. The van der Waals surface area contributed by atoms with Crippen molar-refractivity contribution in [3.63, 3.8) is 0 Å². The molecule has 4 rings (SSSR count). The van der Waals surface area contributed by atoms with Gasteiger partial charge in [0.2, 0.25) is 10.0 Å². The zero-order valence-corrected chi connectivity index (χ0v) is 20.4. The van der Waals surface area contributed by atoms with Crippen molar-refractivity contribution in [1.82, 2.24) is 9.21 Å². The van der Waals surface area contributed by atoms with Crippen LogP contribution >= 0.6 is 0 Å². The third kappa shape index (κ3) is 6.60. The van der Waals surface area contributed by atoms with E-state index in [0.29, 0.717) is 56.4 Å². The fourth-order valence-electron chi connectivity index (χ4n) is 3.63. The standard InChI is InChI=1S/C26H29N3O5S/c1-28-15-17-29(18-16-28)35(31,32)25-13-9-22(10-14-25)27-26(30)21-7-11-24(12-8-21)34-20-19-33-23-5-3-2-4-6-23/h2-14H,15-20H2,1H3,(H,27,30). The number of amides is 1. The van der Waals surface area contributed by atoms with Gasteiger partial charge in [-0.1, -0.05) is 18.2 Å². The lowest BCUT2D eigenvalue weighted by Crippen LogP contribution is -2.46. The van der Waals surface area contributed by atoms with Crippen LogP contribution in [0.4, 0.5) is 5.69 Å². The second-order valence-electron chi connectivity index (χ2n) is 8.22. The Balaban J connectivity index is 1.27. The highest BCUT2D eigenvalue weighted by molar-refractivity contribution is 7.89. The minimum atomic E-state index is -3.54. The molecule has 1 saturated heterocycles. The van der Waals surface area contributed by atoms with Crippen molar-refractivity contribution in [3.05, 3.63) is 84.4 Å². The van der Waals surface area contributed by atoms with Gasteiger partial charge >= 0.3 is 0 Å². The maximum Gasteiger partial charge on any atom is 0.255 e. The van der Waals surface area contributed by atoms with Crippen LogP contribution in [0.25, 0.3) is 0 Å². The predicted molar refractivity (Wildman–Crippen MR) is 135 cm³/mol. The van der Waals surface area contributed by atoms with E-state index in [0.717, 1.165) is 5.75 Å². The molecule has 9 heteroatoms. The minimum Gasteiger partial charge on any atom is -0.490 e. The predicted octanol–water partition coefficient (Wildman–Crippen LogP) is 3.33. The number of sulfonamides is 1. The number of para-hydroxylation sites is 1. The summed E-state index contributed by atoms with van der Waals surface area (Å²) in [6.07, 6.45) is 0. The molecule has 0 aromatic heterocycles. The van der Waals surface area contributed by atoms with Crippen LogP contribution in [-0.4, -0.2) is 70.0 Å². The fourth-order valence-corrected chi connectivity index (χ4v) is 5.05. The molecule has 0 aliphatic carbocycles. The number of anilines is 1. The third-order valence-corrected chi connectivity index (χ3v) is 7.61. The highest BCUT2D eigenvalue weighted by Crippen LogP contribution is 2.20. The lowest BCUT2D eigenvalue weighted by molar-refractivity contribution is 0.102. The number of nitrogens with zero attached hydrogens (tertiary/aromatic N) is 2. The van der Waals surface area contributed by atoms with E-state index < -0.39 is 10.0 Å². The molecule has 1 heterocycles. The number of piperazine rings is 1. The van der Waals surface area contributed by atoms with Crippen LogP contribution in [0, 0.1) is 0 Å². The molecule has 0 radical (unpaired) electrons. The molecule has 184 valence electrons. The summed E-state index contributed by atoms with van der Waals surface area (Å²) in [5.41, 5.74) is 0.984. The smallest absolute Gasteiger partial charge is 0.255 e. The second kappa shape index (κ2) is 11.4. The summed E-state index contributed by atoms with van der Waals surface area (Å²) in [5.74, 6) is 1.13. The van der Waals surface area contributed by atoms with Crippen molar-refractivity contribution in [1.29, 1.82) is 0 Å². The van der Waals surface area contributed by atoms with Gasteiger partial charge in [-0.2, -0.15) is 4.31 Å². The Kier molecular flexibility index (Phi) is 8.02. The van der Waals surface area contributed by atoms with Crippen molar-refractivity contribution in [2.45, 2.75) is 4.90 Å². The Morgan fingerprint density at radius 3 is 1.97 bits per heavy atom. The minimum absolute atomic E-state index is 0.220. The summed E-state index contributed by atoms with van der Waals surface area (Å²) in [6.45, 7) is 3.14. The first kappa shape index (κ1) is 24.7. The van der Waals surface area contributed by atoms with E-state index in [2.05, 4.69) is 10.2 Å². The summed E-state index contributed by atoms with van der Waals surface area (Å²) in [5, 5.41) is 2.80. The monoisotopic (exact) mass is 495 g/mol. The largest absolute Gasteiger partial charge is 0.490 e. The first-order chi connectivity index (χ1) is 16.9. The number of hydrogen-bond acceptors (Lipinski definition) is 6. The molecule has 1 fully saturated rings. The third-order valence-electron chi connectivity index (χ3n) is 5.69. The van der Waals surface area contributed by atoms with Gasteiger partial charge in [0, 0.05) is 37.4 Å². The van der Waals surface area contributed by atoms with Gasteiger partial charge in [-0.15, -0.1) is 0 Å². The number of hydrogen-bond donors (Lipinski definition) is 1. The van der Waals surface area contributed by atoms with Crippen LogP contribution in [0.2, 0.25) is 0 Å². The van der Waals surface area contributed by atoms with Gasteiger partial charge < -0.3 is 19.7 Å². The zero-order valence-electron chi connectivity index (χ0n) is 19.6. The SMILES string of the molecule is CN1CCN(S(=O)(=O)c2ccc(NC(=O)c3ccc(OCCOc4ccccc4)cc3)cc2)CC1. The van der Waals surface area contributed by atoms with Crippen molar-refractivity contribution in [2.75, 3.05) is 51.8 Å². The van der Waals surface area contributed by atoms with Crippen LogP contribution in [-0.2, 0) is 10.0 Å². The first-order valence-corrected chi connectivity index (χ1v) is 12.9. The molecule has 0 spiro atoms. The molecule has 0 atom stereocenters. The Labute approximate surface area is 206 Å². The molecule has 1 N–H and O–H groups in total. The van der Waals surface area contributed by atoms with E-state index in [1.165, 1.54) is 16.4 Å². The van der Waals surface area contributed by atoms with Gasteiger partial charge in [0.15, 0.2) is 0 Å². The molecule has 3 aromatic carbocycles. The number of carbonyl (C=O) groups is 1. The number of carbonyl (C=O) groups excluding carboxylic acids is 1. The maximum atomic E-state index is 12.8. The van der Waals surface area contributed by atoms with Crippen molar-refractivity contribution in [3.8, 4) is 11.5 Å². The highest BCUT2D eigenvalue weighted by atomic mass is 32.2. The maximum absolute atomic E-state index is 12.8. The van der Waals surface area contributed by atoms with Crippen molar-refractivity contribution < 1.29 is 22.7 Å². The van der Waals surface area contributed by atoms with Gasteiger partial charge in [0.1, 0.15) is 24.7 Å². The molecule has 3 aromatic rings. The van der Waals surface area contributed by atoms with Gasteiger partial charge in [-0.25, -0.2) is 8.42 Å². The van der Waals surface area contributed by atoms with Gasteiger partial charge in [-0.3, -0.25) is 4.79 Å². The van der Waals surface area contributed by atoms with Gasteiger partial charge in [0.25, 0.3) is 5.91 Å². The summed E-state index contributed by atoms with van der Waals surface area (Å²) in [6, 6.07) is 22.6. The zero-order chi connectivity index (χ0) is 24.7. The molecule has 8 nitrogen and oxygen atoms in total. The van der Waals surface area contributed by atoms with E-state index in [1.54, 1.807) is 36.4 Å². The lowest BCUT2D eigenvalue weighted by atomic mass is 10.2. The van der Waals surface area contributed by atoms with Crippen LogP contribution in [0.15, 0.2) is 83.8 Å². The Morgan fingerprint density at radius 2 is 1.37 bits per heavy atom. The average Bonchev–Trinajstić information content (AvgIpc) is 2.88. The summed E-state index contributed by atoms with van der Waals surface area (Å²) < 4.78 is 38.4. The highest BCUT2D eigenvalue weighted by Gasteiger charge is 2.27. The van der Waals surface area contributed by atoms with E-state index in [9.17, 15) is 13.2 Å². The molecule has 0 saturated carbocycles. The Hall–Kier alpha value is -3.40. The van der Waals surface area contributed by atoms with Crippen LogP contribution in [0.3, 0.4) is 0 Å². The normalized spacial score (nSPS) is 14.9. The van der Waals surface area contributed by atoms with Crippen molar-refractivity contribution >= 4 is 21.6 Å². The van der Waals surface area contributed by atoms with E-state index >= 15 is 0 Å². The molecular formula is C26H29N3O5S. The number of likely N-dealkylation sites (N-methyl/N-ethyl adjacent to an activating group) is 1.